The van der Waals surface area contributed by atoms with Crippen molar-refractivity contribution in [2.24, 2.45) is 0 Å². The Bertz CT molecular complexity index is 2350. The van der Waals surface area contributed by atoms with Crippen molar-refractivity contribution < 1.29 is 19.1 Å². The van der Waals surface area contributed by atoms with Crippen LogP contribution in [0, 0.1) is 0 Å². The number of ether oxygens (including phenoxy) is 1. The minimum Gasteiger partial charge on any atom is -0.453 e. The fourth-order valence-electron chi connectivity index (χ4n) is 11.7. The number of imidazole rings is 2. The highest BCUT2D eigenvalue weighted by atomic mass is 16.5. The standard InChI is InChI=1S/C50H58N8O4/c1-62-48(61)55-42(35-12-4-2-5-13-35)46(59)57-30-10-17-40(57)45-52-33-41(54-45)50-25-22-49(23-26-50,24-27-50)37-20-18-34(19-21-37)38-32-51-44(53-38)39-16-11-31-58(39)47(60)43(56-28-8-9-29-56)36-14-6-3-7-15-36/h2-7,12-15,18-21,32-33,39-40,42-43H,8-11,16-17,22-31H2,1H3,(H,51,53)(H,52,54)(H,55,61)/t39-,40-,42+,43+,49?,50?/m0/s1. The predicted molar refractivity (Wildman–Crippen MR) is 236 cm³/mol. The average molecular weight is 835 g/mol. The number of aromatic amines is 2. The zero-order valence-corrected chi connectivity index (χ0v) is 35.7. The highest BCUT2D eigenvalue weighted by Crippen LogP contribution is 2.58. The minimum absolute atomic E-state index is 0.0524. The fourth-order valence-corrected chi connectivity index (χ4v) is 11.7. The molecule has 5 aromatic rings. The van der Waals surface area contributed by atoms with Crippen LogP contribution in [0.25, 0.3) is 11.3 Å². The van der Waals surface area contributed by atoms with Crippen LogP contribution in [0.3, 0.4) is 0 Å². The molecular formula is C50H58N8O4. The zero-order valence-electron chi connectivity index (χ0n) is 35.7. The summed E-state index contributed by atoms with van der Waals surface area (Å²) in [6.07, 6.45) is 15.8. The molecule has 3 aliphatic carbocycles. The number of carbonyl (C=O) groups is 3. The summed E-state index contributed by atoms with van der Waals surface area (Å²) < 4.78 is 4.88. The Kier molecular flexibility index (Phi) is 11.0. The van der Waals surface area contributed by atoms with Gasteiger partial charge in [0.1, 0.15) is 23.7 Å². The summed E-state index contributed by atoms with van der Waals surface area (Å²) in [5, 5.41) is 2.77. The number of nitrogens with one attached hydrogen (secondary N) is 3. The van der Waals surface area contributed by atoms with E-state index in [1.165, 1.54) is 18.4 Å². The number of aromatic nitrogens is 4. The second kappa shape index (κ2) is 16.8. The van der Waals surface area contributed by atoms with Crippen LogP contribution in [0.2, 0.25) is 0 Å². The largest absolute Gasteiger partial charge is 0.453 e. The maximum atomic E-state index is 14.3. The van der Waals surface area contributed by atoms with Crippen molar-refractivity contribution in [1.29, 1.82) is 0 Å². The number of fused-ring (bicyclic) bond motifs is 3. The Morgan fingerprint density at radius 2 is 1.23 bits per heavy atom. The Balaban J connectivity index is 0.797. The third-order valence-corrected chi connectivity index (χ3v) is 15.2. The Hall–Kier alpha value is -5.75. The van der Waals surface area contributed by atoms with E-state index in [0.29, 0.717) is 6.54 Å². The lowest BCUT2D eigenvalue weighted by atomic mass is 9.51. The number of hydrogen-bond acceptors (Lipinski definition) is 7. The second-order valence-corrected chi connectivity index (χ2v) is 18.4. The van der Waals surface area contributed by atoms with Crippen LogP contribution in [0.15, 0.2) is 97.3 Å². The van der Waals surface area contributed by atoms with Crippen LogP contribution >= 0.6 is 0 Å². The molecule has 62 heavy (non-hydrogen) atoms. The van der Waals surface area contributed by atoms with Crippen LogP contribution in [0.1, 0.15) is 135 Å². The minimum atomic E-state index is -0.842. The van der Waals surface area contributed by atoms with Crippen LogP contribution in [-0.4, -0.2) is 85.8 Å². The van der Waals surface area contributed by atoms with Gasteiger partial charge in [0.25, 0.3) is 5.91 Å². The van der Waals surface area contributed by atoms with Gasteiger partial charge < -0.3 is 29.8 Å². The van der Waals surface area contributed by atoms with Gasteiger partial charge in [-0.3, -0.25) is 14.5 Å². The van der Waals surface area contributed by atoms with E-state index in [0.717, 1.165) is 131 Å². The van der Waals surface area contributed by atoms with E-state index in [4.69, 9.17) is 14.7 Å². The van der Waals surface area contributed by atoms with Crippen molar-refractivity contribution in [3.05, 3.63) is 131 Å². The highest BCUT2D eigenvalue weighted by molar-refractivity contribution is 5.87. The molecule has 3 N–H and O–H groups in total. The van der Waals surface area contributed by atoms with Gasteiger partial charge in [0.2, 0.25) is 5.91 Å². The van der Waals surface area contributed by atoms with Crippen molar-refractivity contribution in [3.63, 3.8) is 0 Å². The van der Waals surface area contributed by atoms with E-state index in [1.807, 2.05) is 65.8 Å². The van der Waals surface area contributed by atoms with Gasteiger partial charge in [0, 0.05) is 30.4 Å². The van der Waals surface area contributed by atoms with Crippen LogP contribution in [0.5, 0.6) is 0 Å². The van der Waals surface area contributed by atoms with E-state index >= 15 is 0 Å². The van der Waals surface area contributed by atoms with Gasteiger partial charge in [-0.05, 0) is 118 Å². The van der Waals surface area contributed by atoms with Crippen LogP contribution in [-0.2, 0) is 25.2 Å². The van der Waals surface area contributed by atoms with Gasteiger partial charge in [-0.25, -0.2) is 14.8 Å². The molecule has 3 saturated carbocycles. The average Bonchev–Trinajstić information content (AvgIpc) is 4.19. The summed E-state index contributed by atoms with van der Waals surface area (Å²) in [5.41, 5.74) is 6.70. The van der Waals surface area contributed by atoms with E-state index in [9.17, 15) is 14.4 Å². The first kappa shape index (κ1) is 40.3. The van der Waals surface area contributed by atoms with Gasteiger partial charge in [0.15, 0.2) is 0 Å². The number of methoxy groups -OCH3 is 1. The maximum Gasteiger partial charge on any atom is 0.407 e. The molecular weight excluding hydrogens is 777 g/mol. The number of H-pyrrole nitrogens is 2. The third-order valence-electron chi connectivity index (χ3n) is 15.2. The number of benzene rings is 3. The predicted octanol–water partition coefficient (Wildman–Crippen LogP) is 8.60. The SMILES string of the molecule is COC(=O)N[C@@H](C(=O)N1CCC[C@H]1c1ncc(C23CCC(c4ccc(-c5cnc([C@@H]6CCCN6C(=O)[C@@H](c6ccccc6)N6CCCC6)[nH]5)cc4)(CC2)CC3)[nH]1)c1ccccc1. The van der Waals surface area contributed by atoms with Crippen molar-refractivity contribution >= 4 is 17.9 Å². The first-order valence-corrected chi connectivity index (χ1v) is 22.9. The smallest absolute Gasteiger partial charge is 0.407 e. The normalized spacial score (nSPS) is 25.8. The number of carbonyl (C=O) groups excluding carboxylic acids is 3. The Labute approximate surface area is 363 Å². The lowest BCUT2D eigenvalue weighted by molar-refractivity contribution is -0.138. The summed E-state index contributed by atoms with van der Waals surface area (Å²) >= 11 is 0. The molecule has 6 fully saturated rings. The molecule has 3 aliphatic heterocycles. The second-order valence-electron chi connectivity index (χ2n) is 18.4. The van der Waals surface area contributed by atoms with E-state index < -0.39 is 12.1 Å². The molecule has 2 aromatic heterocycles. The van der Waals surface area contributed by atoms with Crippen LogP contribution in [0.4, 0.5) is 4.79 Å². The Morgan fingerprint density at radius 1 is 0.661 bits per heavy atom. The molecule has 322 valence electrons. The Morgan fingerprint density at radius 3 is 1.85 bits per heavy atom. The molecule has 11 rings (SSSR count). The van der Waals surface area contributed by atoms with E-state index in [-0.39, 0.29) is 40.8 Å². The zero-order chi connectivity index (χ0) is 42.3. The third kappa shape index (κ3) is 7.39. The van der Waals surface area contributed by atoms with Crippen molar-refractivity contribution in [2.75, 3.05) is 33.3 Å². The molecule has 0 spiro atoms. The maximum absolute atomic E-state index is 14.3. The summed E-state index contributed by atoms with van der Waals surface area (Å²) in [5.74, 6) is 1.74. The fraction of sp³-hybridized carbons (Fsp3) is 0.460. The van der Waals surface area contributed by atoms with Crippen LogP contribution < -0.4 is 5.32 Å². The number of nitrogens with zero attached hydrogens (tertiary/aromatic N) is 5. The van der Waals surface area contributed by atoms with E-state index in [2.05, 4.69) is 61.5 Å². The summed E-state index contributed by atoms with van der Waals surface area (Å²) in [4.78, 5) is 64.2. The number of rotatable bonds is 11. The van der Waals surface area contributed by atoms with Crippen molar-refractivity contribution in [3.8, 4) is 11.3 Å². The molecule has 12 nitrogen and oxygen atoms in total. The molecule has 2 bridgehead atoms. The quantitative estimate of drug-likeness (QED) is 0.121. The molecule has 0 radical (unpaired) electrons. The first-order chi connectivity index (χ1) is 30.3. The number of likely N-dealkylation sites (tertiary alicyclic amines) is 3. The number of hydrogen-bond donors (Lipinski definition) is 3. The van der Waals surface area contributed by atoms with Gasteiger partial charge in [-0.15, -0.1) is 0 Å². The number of alkyl carbamates (subject to hydrolysis) is 1. The molecule has 6 aliphatic rings. The van der Waals surface area contributed by atoms with Crippen molar-refractivity contribution in [1.82, 2.24) is 40.0 Å². The van der Waals surface area contributed by atoms with E-state index in [1.54, 1.807) is 0 Å². The summed E-state index contributed by atoms with van der Waals surface area (Å²) in [7, 11) is 1.31. The molecule has 3 aromatic carbocycles. The topological polar surface area (TPSA) is 140 Å². The van der Waals surface area contributed by atoms with Gasteiger partial charge in [-0.2, -0.15) is 0 Å². The van der Waals surface area contributed by atoms with Gasteiger partial charge >= 0.3 is 6.09 Å². The molecule has 12 heteroatoms. The lowest BCUT2D eigenvalue weighted by Crippen LogP contribution is -2.46. The van der Waals surface area contributed by atoms with Gasteiger partial charge in [-0.1, -0.05) is 84.9 Å². The molecule has 3 amide bonds. The van der Waals surface area contributed by atoms with Gasteiger partial charge in [0.05, 0.1) is 31.1 Å². The number of amides is 3. The molecule has 4 atom stereocenters. The molecule has 0 unspecified atom stereocenters. The summed E-state index contributed by atoms with van der Waals surface area (Å²) in [6.45, 7) is 3.27. The lowest BCUT2D eigenvalue weighted by Gasteiger charge is -2.53. The summed E-state index contributed by atoms with van der Waals surface area (Å²) in [6, 6.07) is 27.5. The monoisotopic (exact) mass is 834 g/mol. The molecule has 5 heterocycles. The molecule has 3 saturated heterocycles. The first-order valence-electron chi connectivity index (χ1n) is 22.9. The highest BCUT2D eigenvalue weighted by Gasteiger charge is 2.51. The van der Waals surface area contributed by atoms with Crippen molar-refractivity contribution in [2.45, 2.75) is 112 Å².